The van der Waals surface area contributed by atoms with Crippen molar-refractivity contribution in [2.24, 2.45) is 5.92 Å². The van der Waals surface area contributed by atoms with Crippen molar-refractivity contribution in [3.63, 3.8) is 0 Å². The molecule has 2 fully saturated rings. The number of pyridine rings is 1. The van der Waals surface area contributed by atoms with E-state index in [0.717, 1.165) is 68.8 Å². The fourth-order valence-corrected chi connectivity index (χ4v) is 5.28. The van der Waals surface area contributed by atoms with Crippen molar-refractivity contribution >= 4 is 23.1 Å². The van der Waals surface area contributed by atoms with Gasteiger partial charge in [-0.3, -0.25) is 9.69 Å². The average Bonchev–Trinajstić information content (AvgIpc) is 3.24. The van der Waals surface area contributed by atoms with E-state index >= 15 is 0 Å². The summed E-state index contributed by atoms with van der Waals surface area (Å²) in [7, 11) is 0. The molecule has 1 amide bonds. The van der Waals surface area contributed by atoms with Crippen LogP contribution >= 0.6 is 11.3 Å². The molecule has 0 saturated carbocycles. The summed E-state index contributed by atoms with van der Waals surface area (Å²) in [4.78, 5) is 29.0. The molecule has 0 N–H and O–H groups in total. The highest BCUT2D eigenvalue weighted by atomic mass is 32.1. The quantitative estimate of drug-likeness (QED) is 0.708. The van der Waals surface area contributed by atoms with Crippen molar-refractivity contribution in [2.75, 3.05) is 50.7 Å². The molecule has 0 aromatic carbocycles. The molecule has 7 heteroatoms. The molecule has 4 heterocycles. The van der Waals surface area contributed by atoms with Crippen LogP contribution in [0, 0.1) is 5.92 Å². The molecule has 0 radical (unpaired) electrons. The standard InChI is InChI=1S/C23H33N5OS/c1-18(2)23-25-20(17-30-23)14-22(29)28-9-5-6-19(16-28)15-26-10-12-27(13-11-26)21-7-3-4-8-24-21/h3-4,7-8,17-19H,5-6,9-16H2,1-2H3. The highest BCUT2D eigenvalue weighted by molar-refractivity contribution is 7.09. The number of likely N-dealkylation sites (tertiary alicyclic amines) is 1. The second-order valence-corrected chi connectivity index (χ2v) is 9.72. The minimum absolute atomic E-state index is 0.236. The number of anilines is 1. The van der Waals surface area contributed by atoms with Crippen LogP contribution in [0.15, 0.2) is 29.8 Å². The number of rotatable bonds is 6. The molecule has 0 bridgehead atoms. The Labute approximate surface area is 183 Å². The van der Waals surface area contributed by atoms with E-state index in [1.54, 1.807) is 11.3 Å². The first-order chi connectivity index (χ1) is 14.6. The van der Waals surface area contributed by atoms with Crippen molar-refractivity contribution in [3.8, 4) is 0 Å². The van der Waals surface area contributed by atoms with Gasteiger partial charge in [0.25, 0.3) is 0 Å². The number of piperidine rings is 1. The summed E-state index contributed by atoms with van der Waals surface area (Å²) < 4.78 is 0. The maximum absolute atomic E-state index is 12.8. The molecule has 2 aliphatic rings. The number of hydrogen-bond acceptors (Lipinski definition) is 6. The van der Waals surface area contributed by atoms with Crippen LogP contribution in [0.2, 0.25) is 0 Å². The van der Waals surface area contributed by atoms with E-state index < -0.39 is 0 Å². The molecule has 162 valence electrons. The monoisotopic (exact) mass is 427 g/mol. The van der Waals surface area contributed by atoms with Crippen LogP contribution in [0.5, 0.6) is 0 Å². The van der Waals surface area contributed by atoms with Crippen molar-refractivity contribution in [2.45, 2.75) is 39.0 Å². The van der Waals surface area contributed by atoms with Gasteiger partial charge in [0.1, 0.15) is 5.82 Å². The summed E-state index contributed by atoms with van der Waals surface area (Å²) in [5.74, 6) is 2.32. The first-order valence-electron chi connectivity index (χ1n) is 11.2. The van der Waals surface area contributed by atoms with Crippen LogP contribution in [0.4, 0.5) is 5.82 Å². The fraction of sp³-hybridized carbons (Fsp3) is 0.609. The number of carbonyl (C=O) groups excluding carboxylic acids is 1. The zero-order chi connectivity index (χ0) is 20.9. The van der Waals surface area contributed by atoms with Crippen molar-refractivity contribution < 1.29 is 4.79 Å². The van der Waals surface area contributed by atoms with Crippen molar-refractivity contribution in [1.29, 1.82) is 0 Å². The van der Waals surface area contributed by atoms with E-state index in [4.69, 9.17) is 0 Å². The van der Waals surface area contributed by atoms with E-state index in [0.29, 0.717) is 18.3 Å². The average molecular weight is 428 g/mol. The van der Waals surface area contributed by atoms with Crippen LogP contribution in [-0.4, -0.2) is 71.5 Å². The van der Waals surface area contributed by atoms with Gasteiger partial charge >= 0.3 is 0 Å². The van der Waals surface area contributed by atoms with E-state index in [2.05, 4.69) is 56.0 Å². The number of hydrogen-bond donors (Lipinski definition) is 0. The lowest BCUT2D eigenvalue weighted by molar-refractivity contribution is -0.132. The van der Waals surface area contributed by atoms with Gasteiger partial charge in [-0.25, -0.2) is 9.97 Å². The minimum atomic E-state index is 0.236. The first kappa shape index (κ1) is 21.2. The molecule has 2 aromatic heterocycles. The molecule has 1 atom stereocenters. The van der Waals surface area contributed by atoms with Crippen LogP contribution in [0.25, 0.3) is 0 Å². The Morgan fingerprint density at radius 2 is 2.03 bits per heavy atom. The third-order valence-electron chi connectivity index (χ3n) is 6.13. The maximum atomic E-state index is 12.8. The largest absolute Gasteiger partial charge is 0.354 e. The lowest BCUT2D eigenvalue weighted by Crippen LogP contribution is -2.50. The number of nitrogens with zero attached hydrogens (tertiary/aromatic N) is 5. The van der Waals surface area contributed by atoms with Gasteiger partial charge in [0.05, 0.1) is 17.1 Å². The Kier molecular flexibility index (Phi) is 7.00. The minimum Gasteiger partial charge on any atom is -0.354 e. The third-order valence-corrected chi connectivity index (χ3v) is 7.32. The van der Waals surface area contributed by atoms with Crippen molar-refractivity contribution in [1.82, 2.24) is 19.8 Å². The van der Waals surface area contributed by atoms with Crippen LogP contribution < -0.4 is 4.90 Å². The molecule has 1 unspecified atom stereocenters. The molecule has 4 rings (SSSR count). The molecule has 30 heavy (non-hydrogen) atoms. The lowest BCUT2D eigenvalue weighted by Gasteiger charge is -2.39. The SMILES string of the molecule is CC(C)c1nc(CC(=O)N2CCCC(CN3CCN(c4ccccn4)CC3)C2)cs1. The normalized spacial score (nSPS) is 20.7. The van der Waals surface area contributed by atoms with E-state index in [1.165, 1.54) is 6.42 Å². The van der Waals surface area contributed by atoms with Crippen LogP contribution in [0.3, 0.4) is 0 Å². The van der Waals surface area contributed by atoms with Gasteiger partial charge in [-0.2, -0.15) is 0 Å². The Balaban J connectivity index is 1.24. The number of piperazine rings is 1. The van der Waals surface area contributed by atoms with Crippen LogP contribution in [0.1, 0.15) is 43.3 Å². The van der Waals surface area contributed by atoms with Gasteiger partial charge in [0.15, 0.2) is 0 Å². The summed E-state index contributed by atoms with van der Waals surface area (Å²) >= 11 is 1.67. The summed E-state index contributed by atoms with van der Waals surface area (Å²) in [6.45, 7) is 11.3. The predicted octanol–water partition coefficient (Wildman–Crippen LogP) is 3.26. The van der Waals surface area contributed by atoms with Gasteiger partial charge in [-0.15, -0.1) is 11.3 Å². The fourth-order valence-electron chi connectivity index (χ4n) is 4.44. The Morgan fingerprint density at radius 3 is 2.73 bits per heavy atom. The summed E-state index contributed by atoms with van der Waals surface area (Å²) in [5.41, 5.74) is 0.932. The van der Waals surface area contributed by atoms with Gasteiger partial charge in [0, 0.05) is 63.3 Å². The van der Waals surface area contributed by atoms with E-state index in [-0.39, 0.29) is 5.91 Å². The highest BCUT2D eigenvalue weighted by Gasteiger charge is 2.27. The summed E-state index contributed by atoms with van der Waals surface area (Å²) in [6, 6.07) is 6.11. The molecule has 0 spiro atoms. The second kappa shape index (κ2) is 9.88. The number of thiazole rings is 1. The van der Waals surface area contributed by atoms with Gasteiger partial charge in [-0.05, 0) is 30.9 Å². The first-order valence-corrected chi connectivity index (χ1v) is 12.1. The number of aromatic nitrogens is 2. The van der Waals surface area contributed by atoms with E-state index in [9.17, 15) is 4.79 Å². The molecule has 2 aromatic rings. The van der Waals surface area contributed by atoms with E-state index in [1.807, 2.05) is 12.3 Å². The molecule has 0 aliphatic carbocycles. The zero-order valence-corrected chi connectivity index (χ0v) is 19.0. The van der Waals surface area contributed by atoms with Crippen LogP contribution in [-0.2, 0) is 11.2 Å². The van der Waals surface area contributed by atoms with Gasteiger partial charge in [-0.1, -0.05) is 19.9 Å². The molecule has 6 nitrogen and oxygen atoms in total. The summed E-state index contributed by atoms with van der Waals surface area (Å²) in [6.07, 6.45) is 4.64. The lowest BCUT2D eigenvalue weighted by atomic mass is 9.96. The number of amides is 1. The van der Waals surface area contributed by atoms with Crippen molar-refractivity contribution in [3.05, 3.63) is 40.5 Å². The zero-order valence-electron chi connectivity index (χ0n) is 18.2. The van der Waals surface area contributed by atoms with Gasteiger partial charge < -0.3 is 9.80 Å². The smallest absolute Gasteiger partial charge is 0.228 e. The molecule has 2 aliphatic heterocycles. The molecular formula is C23H33N5OS. The Morgan fingerprint density at radius 1 is 1.20 bits per heavy atom. The number of carbonyl (C=O) groups is 1. The molecule has 2 saturated heterocycles. The topological polar surface area (TPSA) is 52.6 Å². The Hall–Kier alpha value is -1.99. The Bertz CT molecular complexity index is 816. The second-order valence-electron chi connectivity index (χ2n) is 8.83. The molecular weight excluding hydrogens is 394 g/mol. The highest BCUT2D eigenvalue weighted by Crippen LogP contribution is 2.22. The predicted molar refractivity (Wildman–Crippen MR) is 122 cm³/mol. The summed E-state index contributed by atoms with van der Waals surface area (Å²) in [5, 5.41) is 3.18. The maximum Gasteiger partial charge on any atom is 0.228 e. The van der Waals surface area contributed by atoms with Gasteiger partial charge in [0.2, 0.25) is 5.91 Å². The third kappa shape index (κ3) is 5.38.